The molecule has 2 saturated heterocycles. The summed E-state index contributed by atoms with van der Waals surface area (Å²) in [5.74, 6) is 0. The monoisotopic (exact) mass is 339 g/mol. The Kier molecular flexibility index (Phi) is 5.02. The van der Waals surface area contributed by atoms with Crippen molar-refractivity contribution in [3.05, 3.63) is 42.2 Å². The summed E-state index contributed by atoms with van der Waals surface area (Å²) < 4.78 is 5.28. The second-order valence-corrected chi connectivity index (χ2v) is 7.85. The standard InChI is InChI=1S/C21H29N3O/c1-25-13-12-23-10-3-7-21(16-23)8-11-24(17-21)15-19-5-2-4-18-14-22-9-6-20(18)19/h2,4-6,9,14H,3,7-8,10-13,15-17H2,1H3. The molecule has 1 spiro atoms. The van der Waals surface area contributed by atoms with Gasteiger partial charge in [0.1, 0.15) is 0 Å². The summed E-state index contributed by atoms with van der Waals surface area (Å²) in [5, 5.41) is 2.60. The Morgan fingerprint density at radius 3 is 2.96 bits per heavy atom. The van der Waals surface area contributed by atoms with Gasteiger partial charge in [-0.2, -0.15) is 0 Å². The smallest absolute Gasteiger partial charge is 0.0589 e. The van der Waals surface area contributed by atoms with Gasteiger partial charge >= 0.3 is 0 Å². The molecule has 2 fully saturated rings. The summed E-state index contributed by atoms with van der Waals surface area (Å²) in [6, 6.07) is 8.76. The molecule has 0 radical (unpaired) electrons. The van der Waals surface area contributed by atoms with Crippen LogP contribution < -0.4 is 0 Å². The molecule has 2 aliphatic heterocycles. The highest BCUT2D eigenvalue weighted by atomic mass is 16.5. The van der Waals surface area contributed by atoms with E-state index in [1.54, 1.807) is 7.11 Å². The van der Waals surface area contributed by atoms with Gasteiger partial charge in [0.05, 0.1) is 6.61 Å². The van der Waals surface area contributed by atoms with Gasteiger partial charge in [0.2, 0.25) is 0 Å². The van der Waals surface area contributed by atoms with Crippen LogP contribution >= 0.6 is 0 Å². The first-order valence-electron chi connectivity index (χ1n) is 9.53. The van der Waals surface area contributed by atoms with E-state index < -0.39 is 0 Å². The first kappa shape index (κ1) is 17.0. The van der Waals surface area contributed by atoms with E-state index in [4.69, 9.17) is 4.74 Å². The first-order valence-corrected chi connectivity index (χ1v) is 9.53. The van der Waals surface area contributed by atoms with Crippen molar-refractivity contribution in [2.45, 2.75) is 25.8 Å². The number of hydrogen-bond donors (Lipinski definition) is 0. The maximum absolute atomic E-state index is 5.28. The first-order chi connectivity index (χ1) is 12.3. The van der Waals surface area contributed by atoms with E-state index >= 15 is 0 Å². The van der Waals surface area contributed by atoms with Gasteiger partial charge in [-0.1, -0.05) is 18.2 Å². The molecule has 0 saturated carbocycles. The van der Waals surface area contributed by atoms with Crippen LogP contribution in [0.3, 0.4) is 0 Å². The third-order valence-corrected chi connectivity index (χ3v) is 6.03. The summed E-state index contributed by atoms with van der Waals surface area (Å²) in [4.78, 5) is 9.53. The molecule has 1 unspecified atom stereocenters. The highest BCUT2D eigenvalue weighted by Crippen LogP contribution is 2.39. The zero-order valence-corrected chi connectivity index (χ0v) is 15.3. The van der Waals surface area contributed by atoms with Gasteiger partial charge in [0, 0.05) is 51.1 Å². The van der Waals surface area contributed by atoms with Crippen molar-refractivity contribution in [1.29, 1.82) is 0 Å². The highest BCUT2D eigenvalue weighted by molar-refractivity contribution is 5.84. The Balaban J connectivity index is 1.43. The number of piperidine rings is 1. The number of nitrogens with zero attached hydrogens (tertiary/aromatic N) is 3. The predicted octanol–water partition coefficient (Wildman–Crippen LogP) is 3.17. The fourth-order valence-electron chi connectivity index (χ4n) is 4.79. The van der Waals surface area contributed by atoms with E-state index in [-0.39, 0.29) is 0 Å². The Hall–Kier alpha value is -1.49. The molecule has 4 heteroatoms. The van der Waals surface area contributed by atoms with Crippen LogP contribution in [-0.4, -0.2) is 61.2 Å². The van der Waals surface area contributed by atoms with E-state index in [9.17, 15) is 0 Å². The average molecular weight is 339 g/mol. The molecule has 0 amide bonds. The van der Waals surface area contributed by atoms with Crippen molar-refractivity contribution < 1.29 is 4.74 Å². The van der Waals surface area contributed by atoms with Gasteiger partial charge in [0.25, 0.3) is 0 Å². The maximum atomic E-state index is 5.28. The van der Waals surface area contributed by atoms with Crippen LogP contribution in [0, 0.1) is 5.41 Å². The number of hydrogen-bond acceptors (Lipinski definition) is 4. The van der Waals surface area contributed by atoms with E-state index in [0.29, 0.717) is 5.41 Å². The minimum absolute atomic E-state index is 0.498. The molecule has 0 bridgehead atoms. The third-order valence-electron chi connectivity index (χ3n) is 6.03. The summed E-state index contributed by atoms with van der Waals surface area (Å²) in [6.07, 6.45) is 7.93. The molecule has 1 aromatic heterocycles. The molecule has 4 rings (SSSR count). The summed E-state index contributed by atoms with van der Waals surface area (Å²) in [7, 11) is 1.80. The quantitative estimate of drug-likeness (QED) is 0.837. The average Bonchev–Trinajstić information content (AvgIpc) is 3.02. The maximum Gasteiger partial charge on any atom is 0.0589 e. The fourth-order valence-corrected chi connectivity index (χ4v) is 4.79. The van der Waals surface area contributed by atoms with Crippen molar-refractivity contribution in [2.75, 3.05) is 46.4 Å². The lowest BCUT2D eigenvalue weighted by molar-refractivity contribution is 0.0674. The lowest BCUT2D eigenvalue weighted by atomic mass is 9.79. The molecule has 134 valence electrons. The van der Waals surface area contributed by atoms with E-state index in [0.717, 1.165) is 19.7 Å². The number of benzene rings is 1. The van der Waals surface area contributed by atoms with Crippen molar-refractivity contribution >= 4 is 10.8 Å². The van der Waals surface area contributed by atoms with E-state index in [1.807, 2.05) is 12.4 Å². The summed E-state index contributed by atoms with van der Waals surface area (Å²) in [6.45, 7) is 7.92. The SMILES string of the molecule is COCCN1CCCC2(CCN(Cc3cccc4cnccc34)C2)C1. The summed E-state index contributed by atoms with van der Waals surface area (Å²) >= 11 is 0. The number of rotatable bonds is 5. The number of pyridine rings is 1. The Morgan fingerprint density at radius 2 is 2.04 bits per heavy atom. The number of fused-ring (bicyclic) bond motifs is 1. The normalized spacial score (nSPS) is 25.2. The Morgan fingerprint density at radius 1 is 1.12 bits per heavy atom. The molecular weight excluding hydrogens is 310 g/mol. The molecule has 0 N–H and O–H groups in total. The number of ether oxygens (including phenoxy) is 1. The van der Waals surface area contributed by atoms with Crippen LogP contribution in [0.4, 0.5) is 0 Å². The highest BCUT2D eigenvalue weighted by Gasteiger charge is 2.41. The second kappa shape index (κ2) is 7.40. The van der Waals surface area contributed by atoms with Crippen molar-refractivity contribution in [3.63, 3.8) is 0 Å². The lowest BCUT2D eigenvalue weighted by Gasteiger charge is -2.40. The zero-order valence-electron chi connectivity index (χ0n) is 15.3. The van der Waals surface area contributed by atoms with Crippen LogP contribution in [-0.2, 0) is 11.3 Å². The molecule has 2 aromatic rings. The zero-order chi connectivity index (χ0) is 17.1. The van der Waals surface area contributed by atoms with E-state index in [1.165, 1.54) is 61.8 Å². The van der Waals surface area contributed by atoms with Crippen LogP contribution in [0.25, 0.3) is 10.8 Å². The Labute approximate surface area is 150 Å². The number of aromatic nitrogens is 1. The van der Waals surface area contributed by atoms with Crippen LogP contribution in [0.1, 0.15) is 24.8 Å². The van der Waals surface area contributed by atoms with Gasteiger partial charge in [-0.25, -0.2) is 0 Å². The van der Waals surface area contributed by atoms with Crippen LogP contribution in [0.2, 0.25) is 0 Å². The molecule has 1 aromatic carbocycles. The van der Waals surface area contributed by atoms with E-state index in [2.05, 4.69) is 39.0 Å². The van der Waals surface area contributed by atoms with Crippen molar-refractivity contribution in [1.82, 2.24) is 14.8 Å². The largest absolute Gasteiger partial charge is 0.383 e. The topological polar surface area (TPSA) is 28.6 Å². The number of methoxy groups -OCH3 is 1. The molecular formula is C21H29N3O. The Bertz CT molecular complexity index is 714. The van der Waals surface area contributed by atoms with Gasteiger partial charge in [-0.15, -0.1) is 0 Å². The molecule has 0 aliphatic carbocycles. The van der Waals surface area contributed by atoms with Crippen molar-refractivity contribution in [2.24, 2.45) is 5.41 Å². The lowest BCUT2D eigenvalue weighted by Crippen LogP contribution is -2.45. The van der Waals surface area contributed by atoms with Crippen LogP contribution in [0.5, 0.6) is 0 Å². The molecule has 4 nitrogen and oxygen atoms in total. The van der Waals surface area contributed by atoms with Crippen LogP contribution in [0.15, 0.2) is 36.7 Å². The molecule has 3 heterocycles. The molecule has 2 aliphatic rings. The molecule has 1 atom stereocenters. The van der Waals surface area contributed by atoms with Gasteiger partial charge in [-0.05, 0) is 54.8 Å². The minimum atomic E-state index is 0.498. The predicted molar refractivity (Wildman–Crippen MR) is 102 cm³/mol. The minimum Gasteiger partial charge on any atom is -0.383 e. The summed E-state index contributed by atoms with van der Waals surface area (Å²) in [5.41, 5.74) is 1.93. The van der Waals surface area contributed by atoms with Crippen molar-refractivity contribution in [3.8, 4) is 0 Å². The fraction of sp³-hybridized carbons (Fsp3) is 0.571. The third kappa shape index (κ3) is 3.71. The molecule has 25 heavy (non-hydrogen) atoms. The van der Waals surface area contributed by atoms with Gasteiger partial charge in [0.15, 0.2) is 0 Å². The second-order valence-electron chi connectivity index (χ2n) is 7.85. The van der Waals surface area contributed by atoms with Gasteiger partial charge < -0.3 is 9.64 Å². The number of likely N-dealkylation sites (tertiary alicyclic amines) is 2. The van der Waals surface area contributed by atoms with Gasteiger partial charge in [-0.3, -0.25) is 9.88 Å².